The molecule has 2 nitrogen and oxygen atoms in total. The number of carbonyl (C=O) groups is 1. The van der Waals surface area contributed by atoms with Crippen molar-refractivity contribution in [3.8, 4) is 0 Å². The zero-order valence-electron chi connectivity index (χ0n) is 11.9. The van der Waals surface area contributed by atoms with Crippen LogP contribution in [0.25, 0.3) is 0 Å². The molecule has 0 aliphatic heterocycles. The smallest absolute Gasteiger partial charge is 0.225 e. The highest BCUT2D eigenvalue weighted by atomic mass is 35.5. The maximum Gasteiger partial charge on any atom is 0.225 e. The number of thioether (sulfide) groups is 1. The molecular formula is C17H18ClNOS. The Balaban J connectivity index is 1.76. The number of para-hydroxylation sites is 1. The van der Waals surface area contributed by atoms with Gasteiger partial charge in [0.05, 0.1) is 10.7 Å². The molecule has 21 heavy (non-hydrogen) atoms. The third kappa shape index (κ3) is 5.10. The summed E-state index contributed by atoms with van der Waals surface area (Å²) >= 11 is 7.79. The van der Waals surface area contributed by atoms with Crippen LogP contribution in [0.2, 0.25) is 5.02 Å². The topological polar surface area (TPSA) is 29.1 Å². The second-order valence-electron chi connectivity index (χ2n) is 4.70. The molecule has 0 heterocycles. The SMILES string of the molecule is CC(SCCC(=O)Nc1ccccc1Cl)c1ccccc1. The number of benzene rings is 2. The summed E-state index contributed by atoms with van der Waals surface area (Å²) < 4.78 is 0. The first kappa shape index (κ1) is 15.9. The Morgan fingerprint density at radius 3 is 2.52 bits per heavy atom. The molecule has 0 fully saturated rings. The number of rotatable bonds is 6. The normalized spacial score (nSPS) is 11.9. The molecule has 2 rings (SSSR count). The number of anilines is 1. The van der Waals surface area contributed by atoms with Crippen molar-refractivity contribution in [2.45, 2.75) is 18.6 Å². The third-order valence-electron chi connectivity index (χ3n) is 3.11. The van der Waals surface area contributed by atoms with Crippen molar-refractivity contribution in [2.75, 3.05) is 11.1 Å². The van der Waals surface area contributed by atoms with E-state index >= 15 is 0 Å². The first-order valence-electron chi connectivity index (χ1n) is 6.88. The van der Waals surface area contributed by atoms with Crippen molar-refractivity contribution in [1.29, 1.82) is 0 Å². The highest BCUT2D eigenvalue weighted by Gasteiger charge is 2.08. The molecule has 0 radical (unpaired) electrons. The Labute approximate surface area is 134 Å². The van der Waals surface area contributed by atoms with E-state index in [0.29, 0.717) is 22.4 Å². The maximum atomic E-state index is 11.9. The minimum atomic E-state index is -0.00383. The van der Waals surface area contributed by atoms with Crippen molar-refractivity contribution in [3.63, 3.8) is 0 Å². The van der Waals surface area contributed by atoms with Gasteiger partial charge in [0.1, 0.15) is 0 Å². The Bertz CT molecular complexity index is 588. The van der Waals surface area contributed by atoms with Crippen molar-refractivity contribution in [2.24, 2.45) is 0 Å². The predicted molar refractivity (Wildman–Crippen MR) is 92.0 cm³/mol. The monoisotopic (exact) mass is 319 g/mol. The van der Waals surface area contributed by atoms with Gasteiger partial charge in [-0.1, -0.05) is 54.1 Å². The van der Waals surface area contributed by atoms with E-state index < -0.39 is 0 Å². The second kappa shape index (κ2) is 8.11. The number of carbonyl (C=O) groups excluding carboxylic acids is 1. The molecule has 110 valence electrons. The van der Waals surface area contributed by atoms with E-state index in [1.54, 1.807) is 23.9 Å². The number of hydrogen-bond donors (Lipinski definition) is 1. The summed E-state index contributed by atoms with van der Waals surface area (Å²) in [6.45, 7) is 2.16. The van der Waals surface area contributed by atoms with E-state index in [2.05, 4.69) is 24.4 Å². The molecule has 2 aromatic rings. The summed E-state index contributed by atoms with van der Waals surface area (Å²) in [4.78, 5) is 11.9. The van der Waals surface area contributed by atoms with Crippen LogP contribution < -0.4 is 5.32 Å². The molecule has 1 N–H and O–H groups in total. The summed E-state index contributed by atoms with van der Waals surface area (Å²) in [5.41, 5.74) is 1.96. The van der Waals surface area contributed by atoms with Crippen LogP contribution >= 0.6 is 23.4 Å². The van der Waals surface area contributed by atoms with E-state index in [1.807, 2.05) is 30.3 Å². The van der Waals surface area contributed by atoms with Gasteiger partial charge in [0.15, 0.2) is 0 Å². The zero-order chi connectivity index (χ0) is 15.1. The largest absolute Gasteiger partial charge is 0.325 e. The van der Waals surface area contributed by atoms with Crippen LogP contribution in [-0.2, 0) is 4.79 Å². The number of nitrogens with one attached hydrogen (secondary N) is 1. The molecule has 1 atom stereocenters. The van der Waals surface area contributed by atoms with Crippen LogP contribution in [0.3, 0.4) is 0 Å². The molecule has 2 aromatic carbocycles. The van der Waals surface area contributed by atoms with Gasteiger partial charge in [0.25, 0.3) is 0 Å². The van der Waals surface area contributed by atoms with Gasteiger partial charge in [-0.25, -0.2) is 0 Å². The summed E-state index contributed by atoms with van der Waals surface area (Å²) in [5, 5.41) is 3.79. The Morgan fingerprint density at radius 1 is 1.14 bits per heavy atom. The fourth-order valence-corrected chi connectivity index (χ4v) is 3.11. The van der Waals surface area contributed by atoms with E-state index in [0.717, 1.165) is 5.75 Å². The van der Waals surface area contributed by atoms with Gasteiger partial charge in [0, 0.05) is 17.4 Å². The molecule has 0 saturated carbocycles. The first-order valence-corrected chi connectivity index (χ1v) is 8.30. The van der Waals surface area contributed by atoms with Crippen LogP contribution in [0, 0.1) is 0 Å². The molecule has 0 aromatic heterocycles. The molecule has 1 unspecified atom stereocenters. The van der Waals surface area contributed by atoms with Crippen LogP contribution in [0.15, 0.2) is 54.6 Å². The molecule has 0 spiro atoms. The van der Waals surface area contributed by atoms with Crippen LogP contribution in [0.4, 0.5) is 5.69 Å². The fraction of sp³-hybridized carbons (Fsp3) is 0.235. The summed E-state index contributed by atoms with van der Waals surface area (Å²) in [6, 6.07) is 17.6. The molecule has 1 amide bonds. The Kier molecular flexibility index (Phi) is 6.15. The van der Waals surface area contributed by atoms with Gasteiger partial charge >= 0.3 is 0 Å². The summed E-state index contributed by atoms with van der Waals surface area (Å²) in [7, 11) is 0. The van der Waals surface area contributed by atoms with E-state index in [-0.39, 0.29) is 5.91 Å². The number of amides is 1. The summed E-state index contributed by atoms with van der Waals surface area (Å²) in [6.07, 6.45) is 0.479. The zero-order valence-corrected chi connectivity index (χ0v) is 13.5. The lowest BCUT2D eigenvalue weighted by molar-refractivity contribution is -0.115. The van der Waals surface area contributed by atoms with Gasteiger partial charge in [-0.05, 0) is 24.6 Å². The van der Waals surface area contributed by atoms with Crippen LogP contribution in [-0.4, -0.2) is 11.7 Å². The van der Waals surface area contributed by atoms with Crippen LogP contribution in [0.5, 0.6) is 0 Å². The second-order valence-corrected chi connectivity index (χ2v) is 6.56. The molecule has 0 bridgehead atoms. The lowest BCUT2D eigenvalue weighted by Crippen LogP contribution is -2.12. The highest BCUT2D eigenvalue weighted by Crippen LogP contribution is 2.28. The standard InChI is InChI=1S/C17H18ClNOS/c1-13(14-7-3-2-4-8-14)21-12-11-17(20)19-16-10-6-5-9-15(16)18/h2-10,13H,11-12H2,1H3,(H,19,20). The van der Waals surface area contributed by atoms with Gasteiger partial charge in [-0.15, -0.1) is 0 Å². The fourth-order valence-electron chi connectivity index (χ4n) is 1.92. The van der Waals surface area contributed by atoms with Gasteiger partial charge in [-0.2, -0.15) is 11.8 Å². The number of halogens is 1. The average Bonchev–Trinajstić information content (AvgIpc) is 2.50. The lowest BCUT2D eigenvalue weighted by atomic mass is 10.2. The molecule has 0 aliphatic rings. The first-order chi connectivity index (χ1) is 10.2. The molecular weight excluding hydrogens is 302 g/mol. The Hall–Kier alpha value is -1.45. The van der Waals surface area contributed by atoms with Crippen molar-refractivity contribution < 1.29 is 4.79 Å². The third-order valence-corrected chi connectivity index (χ3v) is 4.66. The maximum absolute atomic E-state index is 11.9. The van der Waals surface area contributed by atoms with E-state index in [1.165, 1.54) is 5.56 Å². The van der Waals surface area contributed by atoms with Crippen LogP contribution in [0.1, 0.15) is 24.2 Å². The van der Waals surface area contributed by atoms with Gasteiger partial charge < -0.3 is 5.32 Å². The minimum Gasteiger partial charge on any atom is -0.325 e. The van der Waals surface area contributed by atoms with Gasteiger partial charge in [0.2, 0.25) is 5.91 Å². The van der Waals surface area contributed by atoms with E-state index in [9.17, 15) is 4.79 Å². The summed E-state index contributed by atoms with van der Waals surface area (Å²) in [5.74, 6) is 0.780. The molecule has 4 heteroatoms. The Morgan fingerprint density at radius 2 is 1.81 bits per heavy atom. The lowest BCUT2D eigenvalue weighted by Gasteiger charge is -2.11. The highest BCUT2D eigenvalue weighted by molar-refractivity contribution is 7.99. The molecule has 0 saturated heterocycles. The van der Waals surface area contributed by atoms with Crippen molar-refractivity contribution in [1.82, 2.24) is 0 Å². The number of hydrogen-bond acceptors (Lipinski definition) is 2. The quantitative estimate of drug-likeness (QED) is 0.796. The van der Waals surface area contributed by atoms with Crippen molar-refractivity contribution in [3.05, 3.63) is 65.2 Å². The predicted octanol–water partition coefficient (Wildman–Crippen LogP) is 5.16. The molecule has 0 aliphatic carbocycles. The van der Waals surface area contributed by atoms with E-state index in [4.69, 9.17) is 11.6 Å². The minimum absolute atomic E-state index is 0.00383. The average molecular weight is 320 g/mol. The van der Waals surface area contributed by atoms with Gasteiger partial charge in [-0.3, -0.25) is 4.79 Å². The van der Waals surface area contributed by atoms with Crippen molar-refractivity contribution >= 4 is 35.0 Å².